The molecule has 15 N–H and O–H groups in total. The smallest absolute Gasteiger partial charge is 0.373 e. The van der Waals surface area contributed by atoms with E-state index in [1.807, 2.05) is 24.3 Å². The zero-order chi connectivity index (χ0) is 72.6. The number of aromatic hydroxyl groups is 1. The fourth-order valence-electron chi connectivity index (χ4n) is 11.0. The predicted molar refractivity (Wildman–Crippen MR) is 374 cm³/mol. The molecular formula is C66H64ClN15O17S2. The third kappa shape index (κ3) is 19.1. The van der Waals surface area contributed by atoms with E-state index in [1.54, 1.807) is 59.5 Å². The number of hydrogen-bond acceptors (Lipinski definition) is 22. The van der Waals surface area contributed by atoms with Crippen LogP contribution in [0.2, 0.25) is 0 Å². The van der Waals surface area contributed by atoms with Crippen LogP contribution < -0.4 is 48.1 Å². The molecule has 0 bridgehead atoms. The maximum atomic E-state index is 14.1. The summed E-state index contributed by atoms with van der Waals surface area (Å²) in [5.41, 5.74) is 10.2. The highest BCUT2D eigenvalue weighted by atomic mass is 35.5. The molecule has 32 nitrogen and oxygen atoms in total. The summed E-state index contributed by atoms with van der Waals surface area (Å²) >= 11 is 6.41. The molecule has 101 heavy (non-hydrogen) atoms. The zero-order valence-electron chi connectivity index (χ0n) is 53.3. The van der Waals surface area contributed by atoms with Gasteiger partial charge < -0.3 is 72.9 Å². The summed E-state index contributed by atoms with van der Waals surface area (Å²) in [6.45, 7) is -0.960. The number of fused-ring (bicyclic) bond motifs is 6. The van der Waals surface area contributed by atoms with E-state index in [0.29, 0.717) is 67.9 Å². The van der Waals surface area contributed by atoms with Crippen molar-refractivity contribution in [2.24, 2.45) is 5.92 Å². The summed E-state index contributed by atoms with van der Waals surface area (Å²) in [6.07, 6.45) is 0.145. The van der Waals surface area contributed by atoms with Crippen LogP contribution in [0, 0.1) is 5.92 Å². The number of hydrogen-bond donors (Lipinski definition) is 14. The highest BCUT2D eigenvalue weighted by Crippen LogP contribution is 2.46. The van der Waals surface area contributed by atoms with Gasteiger partial charge in [0.05, 0.1) is 43.1 Å². The van der Waals surface area contributed by atoms with E-state index in [0.717, 1.165) is 32.5 Å². The fourth-order valence-corrected chi connectivity index (χ4v) is 13.4. The molecule has 4 unspecified atom stereocenters. The van der Waals surface area contributed by atoms with Crippen molar-refractivity contribution >= 4 is 171 Å². The van der Waals surface area contributed by atoms with Crippen molar-refractivity contribution in [2.45, 2.75) is 50.2 Å². The van der Waals surface area contributed by atoms with Crippen LogP contribution in [0.1, 0.15) is 74.2 Å². The molecular weight excluding hydrogens is 1370 g/mol. The number of aromatic nitrogens is 6. The summed E-state index contributed by atoms with van der Waals surface area (Å²) in [5, 5.41) is 58.9. The summed E-state index contributed by atoms with van der Waals surface area (Å²) in [6, 6.07) is 25.4. The van der Waals surface area contributed by atoms with Crippen LogP contribution in [-0.4, -0.2) is 183 Å². The molecule has 4 atom stereocenters. The van der Waals surface area contributed by atoms with Gasteiger partial charge in [-0.3, -0.25) is 53.0 Å². The average Bonchev–Trinajstić information content (AvgIpc) is 1.61. The molecule has 4 aromatic heterocycles. The van der Waals surface area contributed by atoms with Crippen molar-refractivity contribution < 1.29 is 78.0 Å². The second-order valence-corrected chi connectivity index (χ2v) is 26.0. The van der Waals surface area contributed by atoms with Crippen LogP contribution in [0.4, 0.5) is 28.7 Å². The van der Waals surface area contributed by atoms with Crippen molar-refractivity contribution in [1.29, 1.82) is 0 Å². The number of carbonyl (C=O) groups is 10. The lowest BCUT2D eigenvalue weighted by atomic mass is 9.95. The van der Waals surface area contributed by atoms with Crippen molar-refractivity contribution in [2.75, 3.05) is 77.2 Å². The standard InChI is InChI=1S/C65H64ClN15O15S2.CO2/c1-80(30-54(86)87)29-53(85)69-25-35(20-41(82)12-15-46(63(93)94)76-58(88)32-6-8-37(9-7-32)68-26-40-27-70-57-56(72-40)61(91)79-65(67)78-57)59(89)77-49(64(95)96)31-98-97-17-16-52(84)71-38-10-13-44-33(18-38)21-47(74-44)60(90)73-39-11-14-45-34(19-39)22-48(75-45)62(92)81-28-36(24-66)55-43-5-3-2-4-42(43)51(83)23-50(55)81;2-1-3/h2-11,13-14,18-19,21-23,27,35-36,46,49,68,74-75,83H,12,15-17,20,24-26,28-31H2,1H3,(H,69,85)(H,71,84)(H,73,90)(H,76,88)(H,77,89)(H,86,87)(H,93,94)(H,95,96)(H3,67,70,78,79,91);. The molecule has 6 amide bonds. The summed E-state index contributed by atoms with van der Waals surface area (Å²) < 4.78 is 0. The first kappa shape index (κ1) is 73.5. The minimum atomic E-state index is -1.57. The number of carboxylic acids is 3. The number of rotatable bonds is 31. The zero-order valence-corrected chi connectivity index (χ0v) is 55.7. The van der Waals surface area contributed by atoms with Crippen LogP contribution >= 0.6 is 33.2 Å². The third-order valence-corrected chi connectivity index (χ3v) is 18.6. The highest BCUT2D eigenvalue weighted by molar-refractivity contribution is 8.76. The first-order valence-corrected chi connectivity index (χ1v) is 33.7. The van der Waals surface area contributed by atoms with Gasteiger partial charge in [-0.25, -0.2) is 19.6 Å². The number of aliphatic carboxylic acids is 3. The van der Waals surface area contributed by atoms with Crippen LogP contribution in [0.3, 0.4) is 0 Å². The number of amides is 6. The van der Waals surface area contributed by atoms with Crippen LogP contribution in [-0.2, 0) is 49.7 Å². The van der Waals surface area contributed by atoms with Gasteiger partial charge in [0.1, 0.15) is 35.0 Å². The van der Waals surface area contributed by atoms with E-state index < -0.39 is 110 Å². The number of alkyl halides is 1. The molecule has 0 spiro atoms. The molecule has 524 valence electrons. The molecule has 1 aliphatic heterocycles. The monoisotopic (exact) mass is 1440 g/mol. The number of nitrogens with zero attached hydrogens (tertiary/aromatic N) is 5. The number of aromatic amines is 3. The number of nitrogens with one attached hydrogen (secondary N) is 9. The molecule has 0 radical (unpaired) electrons. The van der Waals surface area contributed by atoms with Gasteiger partial charge in [-0.1, -0.05) is 45.9 Å². The quantitative estimate of drug-likeness (QED) is 0.0154. The van der Waals surface area contributed by atoms with Crippen molar-refractivity contribution in [3.63, 3.8) is 0 Å². The number of anilines is 5. The van der Waals surface area contributed by atoms with E-state index in [1.165, 1.54) is 42.4 Å². The normalized spacial score (nSPS) is 13.3. The minimum Gasteiger partial charge on any atom is -0.507 e. The predicted octanol–water partition coefficient (Wildman–Crippen LogP) is 5.03. The number of H-pyrrole nitrogens is 3. The molecule has 0 saturated heterocycles. The van der Waals surface area contributed by atoms with Crippen LogP contribution in [0.15, 0.2) is 114 Å². The van der Waals surface area contributed by atoms with Crippen molar-refractivity contribution in [1.82, 2.24) is 50.8 Å². The number of halogens is 1. The van der Waals surface area contributed by atoms with E-state index in [4.69, 9.17) is 32.0 Å². The highest BCUT2D eigenvalue weighted by Gasteiger charge is 2.36. The Bertz CT molecular complexity index is 4790. The Balaban J connectivity index is 0.00000389. The third-order valence-electron chi connectivity index (χ3n) is 15.8. The van der Waals surface area contributed by atoms with Gasteiger partial charge in [-0.15, -0.1) is 11.6 Å². The summed E-state index contributed by atoms with van der Waals surface area (Å²) in [4.78, 5) is 182. The number of ketones is 1. The van der Waals surface area contributed by atoms with Gasteiger partial charge in [-0.2, -0.15) is 14.6 Å². The van der Waals surface area contributed by atoms with Gasteiger partial charge in [0.15, 0.2) is 11.2 Å². The molecule has 0 fully saturated rings. The van der Waals surface area contributed by atoms with Gasteiger partial charge in [0.2, 0.25) is 23.7 Å². The fraction of sp³-hybridized carbons (Fsp3) is 0.258. The first-order chi connectivity index (χ1) is 48.4. The number of nitrogen functional groups attached to an aromatic ring is 1. The van der Waals surface area contributed by atoms with Gasteiger partial charge in [-0.05, 0) is 97.2 Å². The number of likely N-dealkylation sites (N-methyl/N-ethyl adjacent to an activating group) is 1. The van der Waals surface area contributed by atoms with Crippen LogP contribution in [0.5, 0.6) is 5.75 Å². The molecule has 5 heterocycles. The van der Waals surface area contributed by atoms with E-state index >= 15 is 0 Å². The second kappa shape index (κ2) is 33.7. The Morgan fingerprint density at radius 3 is 2.08 bits per heavy atom. The van der Waals surface area contributed by atoms with Gasteiger partial charge >= 0.3 is 24.1 Å². The molecule has 5 aromatic carbocycles. The number of phenolic OH excluding ortho intramolecular Hbond substituents is 1. The SMILES string of the molecule is CN(CC(=O)O)CC(=O)NCC(CC(=O)CCC(NC(=O)c1ccc(NCc2cnc3nc(N)[nH]c(=O)c3n2)cc1)C(=O)O)C(=O)NC(CSSCCC(=O)Nc1ccc2[nH]c(C(=O)Nc3ccc4[nH]c(C(=O)N5CC(CCl)c6c5cc(O)c5ccccc65)cc4c3)cc2c1)C(=O)O.O=C=O. The molecule has 0 saturated carbocycles. The number of benzene rings is 5. The summed E-state index contributed by atoms with van der Waals surface area (Å²) in [5.74, 6) is -9.72. The van der Waals surface area contributed by atoms with E-state index in [2.05, 4.69) is 61.8 Å². The molecule has 35 heteroatoms. The summed E-state index contributed by atoms with van der Waals surface area (Å²) in [7, 11) is 3.55. The lowest BCUT2D eigenvalue weighted by Gasteiger charge is -2.21. The largest absolute Gasteiger partial charge is 0.507 e. The Morgan fingerprint density at radius 1 is 0.752 bits per heavy atom. The Morgan fingerprint density at radius 2 is 1.41 bits per heavy atom. The number of nitrogens with two attached hydrogens (primary N) is 1. The number of Topliss-reactive ketones (excluding diaryl/α,β-unsaturated/α-hetero) is 1. The lowest BCUT2D eigenvalue weighted by molar-refractivity contribution is -0.192. The minimum absolute atomic E-state index is 0.0140. The Hall–Kier alpha value is -11.7. The van der Waals surface area contributed by atoms with Crippen LogP contribution in [0.25, 0.3) is 43.7 Å². The average molecular weight is 1440 g/mol. The van der Waals surface area contributed by atoms with Gasteiger partial charge in [0, 0.05) is 112 Å². The maximum absolute atomic E-state index is 14.1. The Kier molecular flexibility index (Phi) is 24.5. The maximum Gasteiger partial charge on any atom is 0.373 e. The molecule has 10 rings (SSSR count). The van der Waals surface area contributed by atoms with Gasteiger partial charge in [0.25, 0.3) is 23.3 Å². The lowest BCUT2D eigenvalue weighted by Crippen LogP contribution is -2.48. The Labute approximate surface area is 583 Å². The van der Waals surface area contributed by atoms with E-state index in [9.17, 15) is 68.1 Å². The van der Waals surface area contributed by atoms with E-state index in [-0.39, 0.29) is 88.4 Å². The molecule has 9 aromatic rings. The molecule has 1 aliphatic rings. The second-order valence-electron chi connectivity index (χ2n) is 23.1. The number of carboxylic acid groups (broad SMARTS) is 3. The topological polar surface area (TPSA) is 494 Å². The van der Waals surface area contributed by atoms with Crippen molar-refractivity contribution in [3.8, 4) is 5.75 Å². The number of phenols is 1. The molecule has 0 aliphatic carbocycles. The van der Waals surface area contributed by atoms with Crippen molar-refractivity contribution in [3.05, 3.63) is 148 Å². The first-order valence-electron chi connectivity index (χ1n) is 30.7. The number of carbonyl (C=O) groups excluding carboxylic acids is 9.